The van der Waals surface area contributed by atoms with Crippen molar-refractivity contribution in [2.24, 2.45) is 0 Å². The van der Waals surface area contributed by atoms with Gasteiger partial charge in [0.05, 0.1) is 25.8 Å². The Kier molecular flexibility index (Phi) is 7.51. The highest BCUT2D eigenvalue weighted by Crippen LogP contribution is 2.33. The molecule has 11 nitrogen and oxygen atoms in total. The minimum Gasteiger partial charge on any atom is -0.494 e. The molecule has 1 aromatic carbocycles. The first-order valence-corrected chi connectivity index (χ1v) is 12.6. The number of alkyl halides is 3. The van der Waals surface area contributed by atoms with Gasteiger partial charge in [0.1, 0.15) is 23.3 Å². The molecule has 1 atom stereocenters. The third-order valence-corrected chi connectivity index (χ3v) is 6.63. The van der Waals surface area contributed by atoms with Crippen LogP contribution in [0.2, 0.25) is 0 Å². The molecule has 2 fully saturated rings. The molecule has 0 radical (unpaired) electrons. The van der Waals surface area contributed by atoms with Crippen molar-refractivity contribution in [3.8, 4) is 11.7 Å². The molecule has 0 bridgehead atoms. The summed E-state index contributed by atoms with van der Waals surface area (Å²) in [4.78, 5) is 34.0. The topological polar surface area (TPSA) is 111 Å². The van der Waals surface area contributed by atoms with Crippen molar-refractivity contribution < 1.29 is 23.0 Å². The first-order chi connectivity index (χ1) is 18.0. The summed E-state index contributed by atoms with van der Waals surface area (Å²) in [5, 5.41) is 2.91. The van der Waals surface area contributed by atoms with Gasteiger partial charge in [-0.1, -0.05) is 6.07 Å². The molecule has 2 saturated heterocycles. The van der Waals surface area contributed by atoms with Gasteiger partial charge in [-0.25, -0.2) is 13.8 Å². The smallest absolute Gasteiger partial charge is 0.296 e. The van der Waals surface area contributed by atoms with Gasteiger partial charge >= 0.3 is 0 Å². The maximum atomic E-state index is 14.2. The number of carbonyl (C=O) groups excluding carboxylic acids is 1. The van der Waals surface area contributed by atoms with Crippen molar-refractivity contribution in [1.82, 2.24) is 29.8 Å². The number of carbonyl (C=O) groups is 1. The summed E-state index contributed by atoms with van der Waals surface area (Å²) in [5.74, 6) is -0.0143. The Balaban J connectivity index is 1.68. The lowest BCUT2D eigenvalue weighted by Crippen LogP contribution is -2.52. The summed E-state index contributed by atoms with van der Waals surface area (Å²) in [5.41, 5.74) is 0.658. The summed E-state index contributed by atoms with van der Waals surface area (Å²) in [6.07, 6.45) is -0.852. The van der Waals surface area contributed by atoms with Crippen LogP contribution in [0.3, 0.4) is 0 Å². The molecule has 14 heteroatoms. The van der Waals surface area contributed by atoms with Gasteiger partial charge in [0.2, 0.25) is 23.8 Å². The maximum absolute atomic E-state index is 14.2. The standard InChI is InChI=1S/C23H27ClF2N8O3/c1-36-15-6-4-5-14-18(15)28-20(19(25)26)34(14)23-30-21(32-9-11-37-12-10-32)29-22(31-23)33-8-3-2-7-16(33)27-17(35)13-24/h4-6,16,19H,2-3,7-13H2,1H3,(H,27,35)/t16-/m1/s1. The molecular formula is C23H27ClF2N8O3. The molecule has 1 amide bonds. The van der Waals surface area contributed by atoms with E-state index < -0.39 is 12.2 Å². The fourth-order valence-corrected chi connectivity index (χ4v) is 4.71. The van der Waals surface area contributed by atoms with Crippen LogP contribution in [0, 0.1) is 0 Å². The Morgan fingerprint density at radius 1 is 1.14 bits per heavy atom. The van der Waals surface area contributed by atoms with Crippen molar-refractivity contribution in [3.05, 3.63) is 24.0 Å². The highest BCUT2D eigenvalue weighted by molar-refractivity contribution is 6.27. The molecule has 37 heavy (non-hydrogen) atoms. The van der Waals surface area contributed by atoms with Gasteiger partial charge in [-0.2, -0.15) is 15.0 Å². The zero-order chi connectivity index (χ0) is 25.9. The Labute approximate surface area is 216 Å². The fraction of sp³-hybridized carbons (Fsp3) is 0.522. The number of anilines is 2. The summed E-state index contributed by atoms with van der Waals surface area (Å²) in [6.45, 7) is 2.62. The monoisotopic (exact) mass is 536 g/mol. The average molecular weight is 537 g/mol. The number of halogens is 3. The largest absolute Gasteiger partial charge is 0.494 e. The molecular weight excluding hydrogens is 510 g/mol. The van der Waals surface area contributed by atoms with Crippen LogP contribution >= 0.6 is 11.6 Å². The van der Waals surface area contributed by atoms with Gasteiger partial charge < -0.3 is 24.6 Å². The number of aromatic nitrogens is 5. The number of ether oxygens (including phenoxy) is 2. The van der Waals surface area contributed by atoms with Gasteiger partial charge in [0, 0.05) is 19.6 Å². The van der Waals surface area contributed by atoms with E-state index in [1.54, 1.807) is 18.2 Å². The minimum absolute atomic E-state index is 0.00513. The van der Waals surface area contributed by atoms with E-state index in [2.05, 4.69) is 20.3 Å². The highest BCUT2D eigenvalue weighted by atomic mass is 35.5. The summed E-state index contributed by atoms with van der Waals surface area (Å²) in [7, 11) is 1.46. The normalized spacial score (nSPS) is 18.5. The zero-order valence-corrected chi connectivity index (χ0v) is 21.0. The molecule has 0 aliphatic carbocycles. The van der Waals surface area contributed by atoms with E-state index in [9.17, 15) is 13.6 Å². The van der Waals surface area contributed by atoms with Crippen LogP contribution in [0.1, 0.15) is 31.5 Å². The fourth-order valence-electron chi connectivity index (χ4n) is 4.63. The Morgan fingerprint density at radius 2 is 1.89 bits per heavy atom. The second-order valence-corrected chi connectivity index (χ2v) is 8.94. The van der Waals surface area contributed by atoms with Gasteiger partial charge in [0.25, 0.3) is 6.43 Å². The molecule has 4 heterocycles. The van der Waals surface area contributed by atoms with E-state index in [0.29, 0.717) is 56.5 Å². The van der Waals surface area contributed by atoms with Gasteiger partial charge in [-0.15, -0.1) is 11.6 Å². The lowest BCUT2D eigenvalue weighted by atomic mass is 10.1. The predicted octanol–water partition coefficient (Wildman–Crippen LogP) is 2.66. The maximum Gasteiger partial charge on any atom is 0.296 e. The first-order valence-electron chi connectivity index (χ1n) is 12.0. The second kappa shape index (κ2) is 11.0. The number of nitrogens with zero attached hydrogens (tertiary/aromatic N) is 7. The first kappa shape index (κ1) is 25.3. The van der Waals surface area contributed by atoms with E-state index in [4.69, 9.17) is 26.1 Å². The van der Waals surface area contributed by atoms with Crippen molar-refractivity contribution in [3.63, 3.8) is 0 Å². The zero-order valence-electron chi connectivity index (χ0n) is 20.2. The molecule has 2 aliphatic rings. The number of morpholine rings is 1. The van der Waals surface area contributed by atoms with Crippen LogP contribution < -0.4 is 19.9 Å². The molecule has 5 rings (SSSR count). The molecule has 198 valence electrons. The molecule has 0 saturated carbocycles. The molecule has 3 aromatic rings. The molecule has 2 aromatic heterocycles. The van der Waals surface area contributed by atoms with Crippen LogP contribution in [0.5, 0.6) is 5.75 Å². The van der Waals surface area contributed by atoms with Crippen LogP contribution in [0.25, 0.3) is 17.0 Å². The van der Waals surface area contributed by atoms with Crippen LogP contribution in [-0.2, 0) is 9.53 Å². The molecule has 1 N–H and O–H groups in total. The van der Waals surface area contributed by atoms with Crippen molar-refractivity contribution in [2.75, 3.05) is 55.6 Å². The lowest BCUT2D eigenvalue weighted by molar-refractivity contribution is -0.119. The number of fused-ring (bicyclic) bond motifs is 1. The number of rotatable bonds is 7. The highest BCUT2D eigenvalue weighted by Gasteiger charge is 2.30. The number of piperidine rings is 1. The van der Waals surface area contributed by atoms with Gasteiger partial charge in [-0.3, -0.25) is 9.36 Å². The van der Waals surface area contributed by atoms with Gasteiger partial charge in [0.15, 0.2) is 5.82 Å². The Morgan fingerprint density at radius 3 is 2.62 bits per heavy atom. The van der Waals surface area contributed by atoms with E-state index >= 15 is 0 Å². The van der Waals surface area contributed by atoms with Crippen molar-refractivity contribution in [1.29, 1.82) is 0 Å². The Bertz CT molecular complexity index is 1270. The number of para-hydroxylation sites is 1. The number of nitrogens with one attached hydrogen (secondary N) is 1. The quantitative estimate of drug-likeness (QED) is 0.456. The second-order valence-electron chi connectivity index (χ2n) is 8.68. The molecule has 0 unspecified atom stereocenters. The number of methoxy groups -OCH3 is 1. The van der Waals surface area contributed by atoms with E-state index in [1.807, 2.05) is 9.80 Å². The lowest BCUT2D eigenvalue weighted by Gasteiger charge is -2.36. The number of hydrogen-bond donors (Lipinski definition) is 1. The summed E-state index contributed by atoms with van der Waals surface area (Å²) in [6, 6.07) is 5.02. The summed E-state index contributed by atoms with van der Waals surface area (Å²) < 4.78 is 40.6. The summed E-state index contributed by atoms with van der Waals surface area (Å²) >= 11 is 5.73. The van der Waals surface area contributed by atoms with Crippen LogP contribution in [-0.4, -0.2) is 82.4 Å². The van der Waals surface area contributed by atoms with Crippen LogP contribution in [0.4, 0.5) is 20.7 Å². The Hall–Kier alpha value is -3.32. The molecule has 0 spiro atoms. The predicted molar refractivity (Wildman–Crippen MR) is 133 cm³/mol. The third-order valence-electron chi connectivity index (χ3n) is 6.39. The van der Waals surface area contributed by atoms with Crippen LogP contribution in [0.15, 0.2) is 18.2 Å². The average Bonchev–Trinajstić information content (AvgIpc) is 3.34. The number of benzene rings is 1. The van der Waals surface area contributed by atoms with E-state index in [0.717, 1.165) is 12.8 Å². The number of imidazole rings is 1. The van der Waals surface area contributed by atoms with E-state index in [-0.39, 0.29) is 35.4 Å². The SMILES string of the molecule is COc1cccc2c1nc(C(F)F)n2-c1nc(N2CCOCC2)nc(N2CCCC[C@@H]2NC(=O)CCl)n1. The number of amides is 1. The third kappa shape index (κ3) is 5.10. The van der Waals surface area contributed by atoms with E-state index in [1.165, 1.54) is 11.7 Å². The van der Waals surface area contributed by atoms with Crippen molar-refractivity contribution in [2.45, 2.75) is 31.9 Å². The van der Waals surface area contributed by atoms with Gasteiger partial charge in [-0.05, 0) is 31.4 Å². The molecule has 2 aliphatic heterocycles. The minimum atomic E-state index is -2.89. The number of hydrogen-bond acceptors (Lipinski definition) is 9. The van der Waals surface area contributed by atoms with Crippen molar-refractivity contribution >= 4 is 40.4 Å².